The fourth-order valence-electron chi connectivity index (χ4n) is 1.06. The lowest BCUT2D eigenvalue weighted by molar-refractivity contribution is 0.415. The number of hydrogen-bond acceptors (Lipinski definition) is 4. The summed E-state index contributed by atoms with van der Waals surface area (Å²) in [6.45, 7) is 0. The van der Waals surface area contributed by atoms with Gasteiger partial charge in [-0.2, -0.15) is 4.37 Å². The quantitative estimate of drug-likeness (QED) is 0.790. The van der Waals surface area contributed by atoms with Crippen LogP contribution in [0.2, 0.25) is 5.28 Å². The summed E-state index contributed by atoms with van der Waals surface area (Å²) in [6.07, 6.45) is 0. The highest BCUT2D eigenvalue weighted by atomic mass is 35.5. The van der Waals surface area contributed by atoms with E-state index in [2.05, 4.69) is 9.36 Å². The summed E-state index contributed by atoms with van der Waals surface area (Å²) < 4.78 is 8.95. The first kappa shape index (κ1) is 9.43. The predicted molar refractivity (Wildman–Crippen MR) is 56.9 cm³/mol. The van der Waals surface area contributed by atoms with Crippen LogP contribution < -0.4 is 4.74 Å². The standard InChI is InChI=1S/C9H7ClN2OS/c1-13-7-4-2-6(3-5-7)8-11-9(10)12-14-8/h2-5H,1H3. The Bertz CT molecular complexity index is 427. The first-order chi connectivity index (χ1) is 6.79. The van der Waals surface area contributed by atoms with Gasteiger partial charge in [-0.1, -0.05) is 0 Å². The normalized spacial score (nSPS) is 10.1. The minimum Gasteiger partial charge on any atom is -0.497 e. The second-order valence-corrected chi connectivity index (χ2v) is 3.69. The van der Waals surface area contributed by atoms with Crippen molar-refractivity contribution >= 4 is 23.1 Å². The number of halogens is 1. The van der Waals surface area contributed by atoms with Gasteiger partial charge in [0.05, 0.1) is 7.11 Å². The van der Waals surface area contributed by atoms with Crippen molar-refractivity contribution in [2.75, 3.05) is 7.11 Å². The summed E-state index contributed by atoms with van der Waals surface area (Å²) in [5, 5.41) is 1.11. The fourth-order valence-corrected chi connectivity index (χ4v) is 1.87. The van der Waals surface area contributed by atoms with E-state index >= 15 is 0 Å². The van der Waals surface area contributed by atoms with Crippen LogP contribution in [0.5, 0.6) is 5.75 Å². The van der Waals surface area contributed by atoms with E-state index in [0.717, 1.165) is 16.3 Å². The molecule has 0 N–H and O–H groups in total. The summed E-state index contributed by atoms with van der Waals surface area (Å²) in [6, 6.07) is 7.61. The summed E-state index contributed by atoms with van der Waals surface area (Å²) >= 11 is 6.91. The number of aromatic nitrogens is 2. The molecule has 2 rings (SSSR count). The van der Waals surface area contributed by atoms with Crippen molar-refractivity contribution in [3.8, 4) is 16.3 Å². The third kappa shape index (κ3) is 1.86. The van der Waals surface area contributed by atoms with Crippen LogP contribution in [0, 0.1) is 0 Å². The summed E-state index contributed by atoms with van der Waals surface area (Å²) in [5.74, 6) is 0.823. The summed E-state index contributed by atoms with van der Waals surface area (Å²) in [4.78, 5) is 4.07. The van der Waals surface area contributed by atoms with Gasteiger partial charge in [-0.15, -0.1) is 0 Å². The van der Waals surface area contributed by atoms with Crippen LogP contribution in [0.1, 0.15) is 0 Å². The van der Waals surface area contributed by atoms with Gasteiger partial charge in [-0.3, -0.25) is 0 Å². The number of methoxy groups -OCH3 is 1. The number of benzene rings is 1. The molecule has 0 unspecified atom stereocenters. The Kier molecular flexibility index (Phi) is 2.65. The van der Waals surface area contributed by atoms with Crippen LogP contribution >= 0.6 is 23.1 Å². The zero-order valence-corrected chi connectivity index (χ0v) is 8.97. The first-order valence-electron chi connectivity index (χ1n) is 3.93. The highest BCUT2D eigenvalue weighted by molar-refractivity contribution is 7.09. The monoisotopic (exact) mass is 226 g/mol. The average molecular weight is 227 g/mol. The maximum atomic E-state index is 5.63. The number of rotatable bonds is 2. The first-order valence-corrected chi connectivity index (χ1v) is 5.08. The van der Waals surface area contributed by atoms with Crippen molar-refractivity contribution < 1.29 is 4.74 Å². The molecule has 0 aliphatic heterocycles. The second-order valence-electron chi connectivity index (χ2n) is 2.60. The Hall–Kier alpha value is -1.13. The summed E-state index contributed by atoms with van der Waals surface area (Å²) in [5.41, 5.74) is 0.996. The number of ether oxygens (including phenoxy) is 1. The number of nitrogens with zero attached hydrogens (tertiary/aromatic N) is 2. The van der Waals surface area contributed by atoms with Gasteiger partial charge in [-0.25, -0.2) is 4.98 Å². The molecule has 0 atom stereocenters. The minimum absolute atomic E-state index is 0.292. The van der Waals surface area contributed by atoms with Crippen LogP contribution in [0.4, 0.5) is 0 Å². The Morgan fingerprint density at radius 2 is 2.00 bits per heavy atom. The molecule has 1 aromatic carbocycles. The molecule has 0 bridgehead atoms. The van der Waals surface area contributed by atoms with E-state index in [0.29, 0.717) is 5.28 Å². The Morgan fingerprint density at radius 3 is 2.50 bits per heavy atom. The van der Waals surface area contributed by atoms with Gasteiger partial charge in [0.1, 0.15) is 10.8 Å². The van der Waals surface area contributed by atoms with E-state index < -0.39 is 0 Å². The van der Waals surface area contributed by atoms with E-state index in [-0.39, 0.29) is 0 Å². The van der Waals surface area contributed by atoms with Crippen LogP contribution in [0.15, 0.2) is 24.3 Å². The molecule has 0 amide bonds. The van der Waals surface area contributed by atoms with Crippen LogP contribution in [0.25, 0.3) is 10.6 Å². The summed E-state index contributed by atoms with van der Waals surface area (Å²) in [7, 11) is 1.64. The Balaban J connectivity index is 2.33. The van der Waals surface area contributed by atoms with E-state index in [1.54, 1.807) is 7.11 Å². The molecule has 0 aliphatic carbocycles. The van der Waals surface area contributed by atoms with Gasteiger partial charge < -0.3 is 4.74 Å². The van der Waals surface area contributed by atoms with Gasteiger partial charge in [0.25, 0.3) is 0 Å². The molecule has 1 aromatic heterocycles. The van der Waals surface area contributed by atoms with Crippen molar-refractivity contribution in [1.29, 1.82) is 0 Å². The lowest BCUT2D eigenvalue weighted by atomic mass is 10.2. The Morgan fingerprint density at radius 1 is 1.29 bits per heavy atom. The van der Waals surface area contributed by atoms with Crippen molar-refractivity contribution in [2.24, 2.45) is 0 Å². The zero-order valence-electron chi connectivity index (χ0n) is 7.40. The molecular weight excluding hydrogens is 220 g/mol. The predicted octanol–water partition coefficient (Wildman–Crippen LogP) is 2.87. The molecule has 5 heteroatoms. The van der Waals surface area contributed by atoms with Gasteiger partial charge in [0.15, 0.2) is 0 Å². The van der Waals surface area contributed by atoms with Gasteiger partial charge in [0, 0.05) is 5.56 Å². The Labute approximate surface area is 90.5 Å². The van der Waals surface area contributed by atoms with Gasteiger partial charge in [-0.05, 0) is 47.4 Å². The van der Waals surface area contributed by atoms with E-state index in [1.165, 1.54) is 11.5 Å². The molecule has 0 saturated carbocycles. The lowest BCUT2D eigenvalue weighted by Crippen LogP contribution is -1.82. The molecule has 0 spiro atoms. The molecule has 2 aromatic rings. The largest absolute Gasteiger partial charge is 0.497 e. The SMILES string of the molecule is COc1ccc(-c2nc(Cl)ns2)cc1. The maximum Gasteiger partial charge on any atom is 0.234 e. The van der Waals surface area contributed by atoms with E-state index in [1.807, 2.05) is 24.3 Å². The maximum absolute atomic E-state index is 5.63. The lowest BCUT2D eigenvalue weighted by Gasteiger charge is -1.99. The zero-order chi connectivity index (χ0) is 9.97. The van der Waals surface area contributed by atoms with E-state index in [4.69, 9.17) is 16.3 Å². The van der Waals surface area contributed by atoms with Crippen molar-refractivity contribution in [3.05, 3.63) is 29.5 Å². The third-order valence-electron chi connectivity index (χ3n) is 1.74. The molecule has 0 fully saturated rings. The van der Waals surface area contributed by atoms with Crippen molar-refractivity contribution in [3.63, 3.8) is 0 Å². The molecule has 3 nitrogen and oxygen atoms in total. The number of hydrogen-bond donors (Lipinski definition) is 0. The van der Waals surface area contributed by atoms with Crippen LogP contribution in [-0.2, 0) is 0 Å². The van der Waals surface area contributed by atoms with Crippen molar-refractivity contribution in [1.82, 2.24) is 9.36 Å². The van der Waals surface area contributed by atoms with Crippen LogP contribution in [0.3, 0.4) is 0 Å². The van der Waals surface area contributed by atoms with Gasteiger partial charge in [0.2, 0.25) is 5.28 Å². The highest BCUT2D eigenvalue weighted by Gasteiger charge is 2.04. The molecule has 0 radical (unpaired) electrons. The highest BCUT2D eigenvalue weighted by Crippen LogP contribution is 2.24. The smallest absolute Gasteiger partial charge is 0.234 e. The molecular formula is C9H7ClN2OS. The third-order valence-corrected chi connectivity index (χ3v) is 2.77. The topological polar surface area (TPSA) is 35.0 Å². The average Bonchev–Trinajstić information content (AvgIpc) is 2.65. The molecule has 0 saturated heterocycles. The molecule has 14 heavy (non-hydrogen) atoms. The molecule has 0 aliphatic rings. The molecule has 72 valence electrons. The van der Waals surface area contributed by atoms with E-state index in [9.17, 15) is 0 Å². The fraction of sp³-hybridized carbons (Fsp3) is 0.111. The second kappa shape index (κ2) is 3.94. The molecule has 1 heterocycles. The minimum atomic E-state index is 0.292. The van der Waals surface area contributed by atoms with Crippen molar-refractivity contribution in [2.45, 2.75) is 0 Å². The van der Waals surface area contributed by atoms with Crippen LogP contribution in [-0.4, -0.2) is 16.5 Å². The van der Waals surface area contributed by atoms with Gasteiger partial charge >= 0.3 is 0 Å².